The summed E-state index contributed by atoms with van der Waals surface area (Å²) in [5.41, 5.74) is 1.54. The highest BCUT2D eigenvalue weighted by atomic mass is 16.7. The lowest BCUT2D eigenvalue weighted by molar-refractivity contribution is -0.255. The smallest absolute Gasteiger partial charge is 0.338 e. The molecular formula is C16H19NO5. The first kappa shape index (κ1) is 15.0. The summed E-state index contributed by atoms with van der Waals surface area (Å²) in [5.74, 6) is -2.17. The number of hydrogen-bond acceptors (Lipinski definition) is 5. The Morgan fingerprint density at radius 2 is 2.14 bits per heavy atom. The molecule has 0 aliphatic carbocycles. The van der Waals surface area contributed by atoms with Crippen LogP contribution in [0, 0.1) is 0 Å². The maximum Gasteiger partial charge on any atom is 0.338 e. The zero-order valence-electron chi connectivity index (χ0n) is 12.5. The van der Waals surface area contributed by atoms with Crippen molar-refractivity contribution < 1.29 is 23.8 Å². The van der Waals surface area contributed by atoms with Crippen LogP contribution in [-0.4, -0.2) is 31.7 Å². The summed E-state index contributed by atoms with van der Waals surface area (Å²) in [6.07, 6.45) is 2.52. The van der Waals surface area contributed by atoms with Gasteiger partial charge in [-0.2, -0.15) is 0 Å². The van der Waals surface area contributed by atoms with Crippen molar-refractivity contribution in [2.24, 2.45) is 0 Å². The number of unbranched alkanes of at least 4 members (excludes halogenated alkanes) is 1. The van der Waals surface area contributed by atoms with E-state index in [0.29, 0.717) is 36.6 Å². The summed E-state index contributed by atoms with van der Waals surface area (Å²) < 4.78 is 16.4. The van der Waals surface area contributed by atoms with Crippen LogP contribution in [0.4, 0.5) is 5.69 Å². The third-order valence-corrected chi connectivity index (χ3v) is 3.79. The largest absolute Gasteiger partial charge is 0.462 e. The van der Waals surface area contributed by atoms with E-state index in [1.54, 1.807) is 18.2 Å². The molecule has 0 saturated carbocycles. The second-order valence-corrected chi connectivity index (χ2v) is 5.37. The second kappa shape index (κ2) is 6.06. The predicted molar refractivity (Wildman–Crippen MR) is 78.5 cm³/mol. The number of benzene rings is 1. The maximum atomic E-state index is 12.2. The normalized spacial score (nSPS) is 18.9. The summed E-state index contributed by atoms with van der Waals surface area (Å²) in [6.45, 7) is 3.31. The van der Waals surface area contributed by atoms with Gasteiger partial charge in [-0.05, 0) is 31.0 Å². The van der Waals surface area contributed by atoms with E-state index < -0.39 is 11.8 Å². The number of hydrogen-bond donors (Lipinski definition) is 1. The van der Waals surface area contributed by atoms with Gasteiger partial charge in [0.25, 0.3) is 11.7 Å². The molecule has 2 heterocycles. The molecule has 2 aliphatic heterocycles. The van der Waals surface area contributed by atoms with Crippen LogP contribution >= 0.6 is 0 Å². The first-order valence-corrected chi connectivity index (χ1v) is 7.58. The molecule has 1 aromatic carbocycles. The van der Waals surface area contributed by atoms with Crippen LogP contribution < -0.4 is 5.32 Å². The number of carbonyl (C=O) groups is 2. The van der Waals surface area contributed by atoms with Crippen LogP contribution in [-0.2, 0) is 24.8 Å². The standard InChI is InChI=1S/C16H19NO5/c1-2-3-7-20-14(18)11-5-6-13-12(10-11)16(15(19)17-13)21-8-4-9-22-16/h5-6,10H,2-4,7-9H2,1H3,(H,17,19). The molecule has 6 nitrogen and oxygen atoms in total. The molecule has 0 aromatic heterocycles. The van der Waals surface area contributed by atoms with Crippen LogP contribution in [0.5, 0.6) is 0 Å². The molecule has 1 amide bonds. The number of fused-ring (bicyclic) bond motifs is 2. The minimum absolute atomic E-state index is 0.348. The van der Waals surface area contributed by atoms with E-state index in [1.165, 1.54) is 0 Å². The number of anilines is 1. The zero-order chi connectivity index (χ0) is 15.6. The fourth-order valence-corrected chi connectivity index (χ4v) is 2.59. The number of ether oxygens (including phenoxy) is 3. The van der Waals surface area contributed by atoms with E-state index >= 15 is 0 Å². The van der Waals surface area contributed by atoms with E-state index in [0.717, 1.165) is 19.3 Å². The van der Waals surface area contributed by atoms with E-state index in [-0.39, 0.29) is 5.91 Å². The number of carbonyl (C=O) groups excluding carboxylic acids is 2. The number of rotatable bonds is 4. The molecule has 1 spiro atoms. The number of amides is 1. The Morgan fingerprint density at radius 3 is 2.86 bits per heavy atom. The summed E-state index contributed by atoms with van der Waals surface area (Å²) in [5, 5.41) is 2.74. The van der Waals surface area contributed by atoms with Gasteiger partial charge in [-0.1, -0.05) is 13.3 Å². The monoisotopic (exact) mass is 305 g/mol. The minimum atomic E-state index is -1.42. The molecule has 1 N–H and O–H groups in total. The van der Waals surface area contributed by atoms with Crippen LogP contribution in [0.15, 0.2) is 18.2 Å². The highest BCUT2D eigenvalue weighted by Crippen LogP contribution is 2.42. The fourth-order valence-electron chi connectivity index (χ4n) is 2.59. The summed E-state index contributed by atoms with van der Waals surface area (Å²) >= 11 is 0. The van der Waals surface area contributed by atoms with Gasteiger partial charge in [0, 0.05) is 5.56 Å². The van der Waals surface area contributed by atoms with Gasteiger partial charge in [0.15, 0.2) is 0 Å². The molecule has 3 rings (SSSR count). The zero-order valence-corrected chi connectivity index (χ0v) is 12.5. The molecule has 0 bridgehead atoms. The predicted octanol–water partition coefficient (Wildman–Crippen LogP) is 2.19. The number of esters is 1. The lowest BCUT2D eigenvalue weighted by Gasteiger charge is -2.31. The number of nitrogens with one attached hydrogen (secondary N) is 1. The topological polar surface area (TPSA) is 73.9 Å². The molecule has 6 heteroatoms. The van der Waals surface area contributed by atoms with Gasteiger partial charge in [0.2, 0.25) is 0 Å². The van der Waals surface area contributed by atoms with Crippen molar-refractivity contribution in [1.29, 1.82) is 0 Å². The molecule has 118 valence electrons. The average molecular weight is 305 g/mol. The average Bonchev–Trinajstić information content (AvgIpc) is 2.80. The van der Waals surface area contributed by atoms with Gasteiger partial charge >= 0.3 is 5.97 Å². The van der Waals surface area contributed by atoms with Crippen molar-refractivity contribution in [3.63, 3.8) is 0 Å². The highest BCUT2D eigenvalue weighted by Gasteiger charge is 2.51. The first-order chi connectivity index (χ1) is 10.7. The third-order valence-electron chi connectivity index (χ3n) is 3.79. The Bertz CT molecular complexity index is 592. The van der Waals surface area contributed by atoms with Gasteiger partial charge < -0.3 is 19.5 Å². The van der Waals surface area contributed by atoms with Crippen molar-refractivity contribution in [2.75, 3.05) is 25.1 Å². The lowest BCUT2D eigenvalue weighted by Crippen LogP contribution is -2.43. The summed E-state index contributed by atoms with van der Waals surface area (Å²) in [6, 6.07) is 4.93. The molecule has 22 heavy (non-hydrogen) atoms. The molecule has 0 radical (unpaired) electrons. The van der Waals surface area contributed by atoms with Crippen molar-refractivity contribution >= 4 is 17.6 Å². The van der Waals surface area contributed by atoms with Gasteiger partial charge in [-0.3, -0.25) is 4.79 Å². The van der Waals surface area contributed by atoms with E-state index in [2.05, 4.69) is 5.32 Å². The molecular weight excluding hydrogens is 286 g/mol. The van der Waals surface area contributed by atoms with Crippen LogP contribution in [0.25, 0.3) is 0 Å². The van der Waals surface area contributed by atoms with Crippen molar-refractivity contribution in [1.82, 2.24) is 0 Å². The van der Waals surface area contributed by atoms with Gasteiger partial charge in [-0.15, -0.1) is 0 Å². The van der Waals surface area contributed by atoms with Crippen molar-refractivity contribution in [2.45, 2.75) is 32.0 Å². The third kappa shape index (κ3) is 2.48. The maximum absolute atomic E-state index is 12.2. The van der Waals surface area contributed by atoms with Crippen molar-refractivity contribution in [3.05, 3.63) is 29.3 Å². The SMILES string of the molecule is CCCCOC(=O)c1ccc2c(c1)C1(OCCCO1)C(=O)N2. The van der Waals surface area contributed by atoms with Gasteiger partial charge in [0.1, 0.15) is 0 Å². The van der Waals surface area contributed by atoms with E-state index in [1.807, 2.05) is 6.92 Å². The summed E-state index contributed by atoms with van der Waals surface area (Å²) in [7, 11) is 0. The van der Waals surface area contributed by atoms with Crippen LogP contribution in [0.3, 0.4) is 0 Å². The fraction of sp³-hybridized carbons (Fsp3) is 0.500. The Labute approximate surface area is 128 Å². The minimum Gasteiger partial charge on any atom is -0.462 e. The molecule has 1 aromatic rings. The molecule has 1 saturated heterocycles. The Kier molecular flexibility index (Phi) is 4.13. The Balaban J connectivity index is 1.86. The molecule has 0 unspecified atom stereocenters. The molecule has 0 atom stereocenters. The quantitative estimate of drug-likeness (QED) is 0.682. The van der Waals surface area contributed by atoms with Crippen molar-refractivity contribution in [3.8, 4) is 0 Å². The van der Waals surface area contributed by atoms with E-state index in [9.17, 15) is 9.59 Å². The van der Waals surface area contributed by atoms with Gasteiger partial charge in [0.05, 0.1) is 31.1 Å². The molecule has 2 aliphatic rings. The Morgan fingerprint density at radius 1 is 1.36 bits per heavy atom. The van der Waals surface area contributed by atoms with E-state index in [4.69, 9.17) is 14.2 Å². The summed E-state index contributed by atoms with van der Waals surface area (Å²) in [4.78, 5) is 24.3. The Hall–Kier alpha value is -1.92. The van der Waals surface area contributed by atoms with Crippen LogP contribution in [0.2, 0.25) is 0 Å². The highest BCUT2D eigenvalue weighted by molar-refractivity contribution is 6.05. The second-order valence-electron chi connectivity index (χ2n) is 5.37. The van der Waals surface area contributed by atoms with Gasteiger partial charge in [-0.25, -0.2) is 4.79 Å². The lowest BCUT2D eigenvalue weighted by atomic mass is 10.0. The first-order valence-electron chi connectivity index (χ1n) is 7.58. The molecule has 1 fully saturated rings. The van der Waals surface area contributed by atoms with Crippen LogP contribution in [0.1, 0.15) is 42.1 Å².